The third-order valence-electron chi connectivity index (χ3n) is 2.57. The Hall–Kier alpha value is -1.76. The Morgan fingerprint density at radius 3 is 2.70 bits per heavy atom. The largest absolute Gasteiger partial charge is 0.573 e. The summed E-state index contributed by atoms with van der Waals surface area (Å²) in [5, 5.41) is 0. The molecule has 1 amide bonds. The fourth-order valence-corrected chi connectivity index (χ4v) is 1.65. The summed E-state index contributed by atoms with van der Waals surface area (Å²) in [6.45, 7) is 0.646. The predicted molar refractivity (Wildman–Crippen MR) is 67.9 cm³/mol. The lowest BCUT2D eigenvalue weighted by atomic mass is 10.2. The number of nitrogens with zero attached hydrogens (tertiary/aromatic N) is 1. The van der Waals surface area contributed by atoms with Crippen molar-refractivity contribution in [2.24, 2.45) is 5.73 Å². The Bertz CT molecular complexity index is 449. The number of hydrogen-bond acceptors (Lipinski definition) is 3. The SMILES string of the molecule is CN(Cc1cccc(OC(F)(F)F)c1)C(=O)CCCN. The number of nitrogens with two attached hydrogens (primary N) is 1. The minimum absolute atomic E-state index is 0.0995. The smallest absolute Gasteiger partial charge is 0.406 e. The topological polar surface area (TPSA) is 55.6 Å². The fraction of sp³-hybridized carbons (Fsp3) is 0.462. The van der Waals surface area contributed by atoms with E-state index in [0.29, 0.717) is 24.9 Å². The Labute approximate surface area is 115 Å². The molecule has 7 heteroatoms. The summed E-state index contributed by atoms with van der Waals surface area (Å²) in [5.41, 5.74) is 5.88. The van der Waals surface area contributed by atoms with Crippen LogP contribution < -0.4 is 10.5 Å². The zero-order valence-corrected chi connectivity index (χ0v) is 11.1. The summed E-state index contributed by atoms with van der Waals surface area (Å²) in [6, 6.07) is 5.57. The molecule has 0 aliphatic heterocycles. The third-order valence-corrected chi connectivity index (χ3v) is 2.57. The normalized spacial score (nSPS) is 11.2. The van der Waals surface area contributed by atoms with Gasteiger partial charge in [0.15, 0.2) is 0 Å². The van der Waals surface area contributed by atoms with Crippen LogP contribution in [0.1, 0.15) is 18.4 Å². The average Bonchev–Trinajstić information content (AvgIpc) is 2.34. The van der Waals surface area contributed by atoms with Gasteiger partial charge in [0.05, 0.1) is 0 Å². The first-order chi connectivity index (χ1) is 9.31. The molecule has 0 radical (unpaired) electrons. The van der Waals surface area contributed by atoms with E-state index in [2.05, 4.69) is 4.74 Å². The van der Waals surface area contributed by atoms with Crippen molar-refractivity contribution in [3.63, 3.8) is 0 Å². The molecule has 0 bridgehead atoms. The Morgan fingerprint density at radius 2 is 2.10 bits per heavy atom. The quantitative estimate of drug-likeness (QED) is 0.874. The molecule has 4 nitrogen and oxygen atoms in total. The van der Waals surface area contributed by atoms with Gasteiger partial charge in [-0.3, -0.25) is 4.79 Å². The molecule has 0 saturated carbocycles. The number of carbonyl (C=O) groups excluding carboxylic acids is 1. The predicted octanol–water partition coefficient (Wildman–Crippen LogP) is 2.28. The van der Waals surface area contributed by atoms with Crippen molar-refractivity contribution < 1.29 is 22.7 Å². The first kappa shape index (κ1) is 16.3. The van der Waals surface area contributed by atoms with Crippen molar-refractivity contribution in [2.75, 3.05) is 13.6 Å². The molecule has 0 atom stereocenters. The van der Waals surface area contributed by atoms with Crippen molar-refractivity contribution in [2.45, 2.75) is 25.7 Å². The molecule has 1 aromatic rings. The van der Waals surface area contributed by atoms with E-state index in [-0.39, 0.29) is 18.2 Å². The number of ether oxygens (including phenoxy) is 1. The maximum atomic E-state index is 12.1. The molecule has 0 aliphatic carbocycles. The molecule has 2 N–H and O–H groups in total. The van der Waals surface area contributed by atoms with Gasteiger partial charge in [-0.05, 0) is 30.7 Å². The van der Waals surface area contributed by atoms with Crippen LogP contribution in [0.2, 0.25) is 0 Å². The van der Waals surface area contributed by atoms with Gasteiger partial charge in [-0.15, -0.1) is 13.2 Å². The second-order valence-electron chi connectivity index (χ2n) is 4.34. The highest BCUT2D eigenvalue weighted by Crippen LogP contribution is 2.23. The van der Waals surface area contributed by atoms with E-state index >= 15 is 0 Å². The van der Waals surface area contributed by atoms with Gasteiger partial charge < -0.3 is 15.4 Å². The van der Waals surface area contributed by atoms with Crippen LogP contribution in [0.4, 0.5) is 13.2 Å². The van der Waals surface area contributed by atoms with E-state index in [1.165, 1.54) is 23.1 Å². The third kappa shape index (κ3) is 5.92. The lowest BCUT2D eigenvalue weighted by Gasteiger charge is -2.18. The van der Waals surface area contributed by atoms with Crippen molar-refractivity contribution in [3.05, 3.63) is 29.8 Å². The number of carbonyl (C=O) groups is 1. The zero-order chi connectivity index (χ0) is 15.2. The van der Waals surface area contributed by atoms with Gasteiger partial charge in [0.2, 0.25) is 5.91 Å². The second-order valence-corrected chi connectivity index (χ2v) is 4.34. The van der Waals surface area contributed by atoms with Crippen LogP contribution in [0.5, 0.6) is 5.75 Å². The minimum atomic E-state index is -4.72. The number of amides is 1. The Kier molecular flexibility index (Phi) is 5.82. The summed E-state index contributed by atoms with van der Waals surface area (Å²) in [6.07, 6.45) is -3.81. The standard InChI is InChI=1S/C13H17F3N2O2/c1-18(12(19)6-3-7-17)9-10-4-2-5-11(8-10)20-13(14,15)16/h2,4-5,8H,3,6-7,9,17H2,1H3. The van der Waals surface area contributed by atoms with Gasteiger partial charge >= 0.3 is 6.36 Å². The first-order valence-electron chi connectivity index (χ1n) is 6.10. The van der Waals surface area contributed by atoms with Crippen molar-refractivity contribution in [1.82, 2.24) is 4.90 Å². The molecule has 0 aliphatic rings. The van der Waals surface area contributed by atoms with Crippen molar-refractivity contribution in [3.8, 4) is 5.75 Å². The highest BCUT2D eigenvalue weighted by molar-refractivity contribution is 5.75. The Morgan fingerprint density at radius 1 is 1.40 bits per heavy atom. The van der Waals surface area contributed by atoms with Crippen LogP contribution >= 0.6 is 0 Å². The van der Waals surface area contributed by atoms with Gasteiger partial charge in [-0.2, -0.15) is 0 Å². The molecule has 20 heavy (non-hydrogen) atoms. The summed E-state index contributed by atoms with van der Waals surface area (Å²) in [7, 11) is 1.59. The van der Waals surface area contributed by atoms with E-state index in [1.54, 1.807) is 13.1 Å². The van der Waals surface area contributed by atoms with Crippen LogP contribution in [0.3, 0.4) is 0 Å². The van der Waals surface area contributed by atoms with E-state index < -0.39 is 6.36 Å². The van der Waals surface area contributed by atoms with E-state index in [9.17, 15) is 18.0 Å². The zero-order valence-electron chi connectivity index (χ0n) is 11.1. The molecule has 0 aromatic heterocycles. The van der Waals surface area contributed by atoms with Gasteiger partial charge in [-0.25, -0.2) is 0 Å². The summed E-state index contributed by atoms with van der Waals surface area (Å²) in [4.78, 5) is 13.1. The van der Waals surface area contributed by atoms with Crippen LogP contribution in [0.15, 0.2) is 24.3 Å². The summed E-state index contributed by atoms with van der Waals surface area (Å²) < 4.78 is 40.1. The minimum Gasteiger partial charge on any atom is -0.406 e. The highest BCUT2D eigenvalue weighted by atomic mass is 19.4. The molecule has 0 spiro atoms. The molecule has 1 rings (SSSR count). The molecule has 0 unspecified atom stereocenters. The van der Waals surface area contributed by atoms with Gasteiger partial charge in [-0.1, -0.05) is 12.1 Å². The van der Waals surface area contributed by atoms with Crippen LogP contribution in [-0.2, 0) is 11.3 Å². The van der Waals surface area contributed by atoms with Crippen LogP contribution in [0.25, 0.3) is 0 Å². The second kappa shape index (κ2) is 7.14. The fourth-order valence-electron chi connectivity index (χ4n) is 1.65. The van der Waals surface area contributed by atoms with E-state index in [1.807, 2.05) is 0 Å². The molecule has 112 valence electrons. The van der Waals surface area contributed by atoms with E-state index in [4.69, 9.17) is 5.73 Å². The Balaban J connectivity index is 2.64. The molecule has 1 aromatic carbocycles. The van der Waals surface area contributed by atoms with Crippen LogP contribution in [0, 0.1) is 0 Å². The number of benzene rings is 1. The van der Waals surface area contributed by atoms with Crippen molar-refractivity contribution >= 4 is 5.91 Å². The molecular weight excluding hydrogens is 273 g/mol. The van der Waals surface area contributed by atoms with Gasteiger partial charge in [0.1, 0.15) is 5.75 Å². The van der Waals surface area contributed by atoms with Crippen LogP contribution in [-0.4, -0.2) is 30.8 Å². The van der Waals surface area contributed by atoms with Gasteiger partial charge in [0, 0.05) is 20.0 Å². The van der Waals surface area contributed by atoms with Crippen molar-refractivity contribution in [1.29, 1.82) is 0 Å². The number of rotatable bonds is 6. The van der Waals surface area contributed by atoms with Gasteiger partial charge in [0.25, 0.3) is 0 Å². The monoisotopic (exact) mass is 290 g/mol. The molecule has 0 heterocycles. The molecular formula is C13H17F3N2O2. The molecule has 0 fully saturated rings. The summed E-state index contributed by atoms with van der Waals surface area (Å²) >= 11 is 0. The lowest BCUT2D eigenvalue weighted by molar-refractivity contribution is -0.274. The number of hydrogen-bond donors (Lipinski definition) is 1. The number of alkyl halides is 3. The lowest BCUT2D eigenvalue weighted by Crippen LogP contribution is -2.26. The molecule has 0 saturated heterocycles. The highest BCUT2D eigenvalue weighted by Gasteiger charge is 2.31. The summed E-state index contributed by atoms with van der Waals surface area (Å²) in [5.74, 6) is -0.393. The van der Waals surface area contributed by atoms with E-state index in [0.717, 1.165) is 0 Å². The maximum absolute atomic E-state index is 12.1. The maximum Gasteiger partial charge on any atom is 0.573 e. The average molecular weight is 290 g/mol. The number of halogens is 3. The first-order valence-corrected chi connectivity index (χ1v) is 6.10.